The van der Waals surface area contributed by atoms with E-state index in [-0.39, 0.29) is 6.04 Å². The molecule has 1 saturated heterocycles. The van der Waals surface area contributed by atoms with Gasteiger partial charge >= 0.3 is 0 Å². The minimum absolute atomic E-state index is 0.103. The Balaban J connectivity index is 2.39. The van der Waals surface area contributed by atoms with Gasteiger partial charge in [0.15, 0.2) is 0 Å². The fourth-order valence-corrected chi connectivity index (χ4v) is 3.87. The van der Waals surface area contributed by atoms with Crippen molar-refractivity contribution < 1.29 is 13.2 Å². The highest BCUT2D eigenvalue weighted by Crippen LogP contribution is 2.22. The van der Waals surface area contributed by atoms with Crippen LogP contribution in [0.2, 0.25) is 0 Å². The van der Waals surface area contributed by atoms with Gasteiger partial charge in [0.2, 0.25) is 10.0 Å². The second kappa shape index (κ2) is 4.76. The van der Waals surface area contributed by atoms with Crippen LogP contribution >= 0.6 is 0 Å². The molecule has 4 nitrogen and oxygen atoms in total. The second-order valence-corrected chi connectivity index (χ2v) is 6.16. The molecule has 0 N–H and O–H groups in total. The van der Waals surface area contributed by atoms with Gasteiger partial charge < -0.3 is 4.74 Å². The highest BCUT2D eigenvalue weighted by Gasteiger charge is 2.32. The lowest BCUT2D eigenvalue weighted by Gasteiger charge is -2.32. The van der Waals surface area contributed by atoms with Crippen LogP contribution in [0.3, 0.4) is 0 Å². The summed E-state index contributed by atoms with van der Waals surface area (Å²) in [5, 5.41) is 0. The Morgan fingerprint density at radius 3 is 2.71 bits per heavy atom. The van der Waals surface area contributed by atoms with Gasteiger partial charge in [0.05, 0.1) is 18.1 Å². The monoisotopic (exact) mass is 255 g/mol. The molecule has 1 aromatic carbocycles. The van der Waals surface area contributed by atoms with Crippen molar-refractivity contribution in [2.45, 2.75) is 24.8 Å². The van der Waals surface area contributed by atoms with Crippen LogP contribution in [-0.4, -0.2) is 38.5 Å². The summed E-state index contributed by atoms with van der Waals surface area (Å²) in [5.74, 6) is 0. The first-order valence-corrected chi connectivity index (χ1v) is 7.12. The Morgan fingerprint density at radius 2 is 2.06 bits per heavy atom. The lowest BCUT2D eigenvalue weighted by atomic mass is 10.2. The van der Waals surface area contributed by atoms with Crippen molar-refractivity contribution in [1.82, 2.24) is 4.31 Å². The van der Waals surface area contributed by atoms with E-state index in [0.717, 1.165) is 5.56 Å². The SMILES string of the molecule is Cc1ccccc1S(=O)(=O)N1CCOCC1C. The van der Waals surface area contributed by atoms with Crippen LogP contribution in [0.4, 0.5) is 0 Å². The smallest absolute Gasteiger partial charge is 0.243 e. The largest absolute Gasteiger partial charge is 0.378 e. The van der Waals surface area contributed by atoms with Crippen molar-refractivity contribution >= 4 is 10.0 Å². The minimum atomic E-state index is -3.39. The summed E-state index contributed by atoms with van der Waals surface area (Å²) in [6, 6.07) is 6.97. The number of nitrogens with zero attached hydrogens (tertiary/aromatic N) is 1. The first-order chi connectivity index (χ1) is 8.03. The number of aryl methyl sites for hydroxylation is 1. The van der Waals surface area contributed by atoms with Crippen LogP contribution in [-0.2, 0) is 14.8 Å². The first-order valence-electron chi connectivity index (χ1n) is 5.68. The number of hydrogen-bond donors (Lipinski definition) is 0. The molecule has 1 aliphatic rings. The summed E-state index contributed by atoms with van der Waals surface area (Å²) in [6.45, 7) is 5.05. The highest BCUT2D eigenvalue weighted by atomic mass is 32.2. The molecule has 0 spiro atoms. The van der Waals surface area contributed by atoms with Crippen molar-refractivity contribution in [3.8, 4) is 0 Å². The lowest BCUT2D eigenvalue weighted by molar-refractivity contribution is 0.0392. The van der Waals surface area contributed by atoms with E-state index in [4.69, 9.17) is 4.74 Å². The number of sulfonamides is 1. The Kier molecular flexibility index (Phi) is 3.51. The van der Waals surface area contributed by atoms with E-state index in [9.17, 15) is 8.42 Å². The third-order valence-electron chi connectivity index (χ3n) is 2.99. The molecule has 0 radical (unpaired) electrons. The Hall–Kier alpha value is -0.910. The number of ether oxygens (including phenoxy) is 1. The predicted octanol–water partition coefficient (Wildman–Crippen LogP) is 1.40. The van der Waals surface area contributed by atoms with Crippen LogP contribution < -0.4 is 0 Å². The van der Waals surface area contributed by atoms with Crippen LogP contribution in [0, 0.1) is 6.92 Å². The third-order valence-corrected chi connectivity index (χ3v) is 5.16. The van der Waals surface area contributed by atoms with Crippen LogP contribution in [0.15, 0.2) is 29.2 Å². The number of benzene rings is 1. The van der Waals surface area contributed by atoms with Gasteiger partial charge in [-0.2, -0.15) is 4.31 Å². The predicted molar refractivity (Wildman–Crippen MR) is 65.4 cm³/mol. The van der Waals surface area contributed by atoms with Gasteiger partial charge in [-0.15, -0.1) is 0 Å². The number of rotatable bonds is 2. The molecule has 0 amide bonds. The Bertz CT molecular complexity index is 498. The maximum atomic E-state index is 12.5. The lowest BCUT2D eigenvalue weighted by Crippen LogP contribution is -2.47. The fourth-order valence-electron chi connectivity index (χ4n) is 2.04. The molecule has 17 heavy (non-hydrogen) atoms. The zero-order valence-electron chi connectivity index (χ0n) is 10.1. The van der Waals surface area contributed by atoms with Gasteiger partial charge in [0.1, 0.15) is 0 Å². The zero-order chi connectivity index (χ0) is 12.5. The van der Waals surface area contributed by atoms with Crippen molar-refractivity contribution in [3.05, 3.63) is 29.8 Å². The van der Waals surface area contributed by atoms with E-state index in [1.807, 2.05) is 26.0 Å². The summed E-state index contributed by atoms with van der Waals surface area (Å²) in [5.41, 5.74) is 0.784. The maximum absolute atomic E-state index is 12.5. The molecule has 1 fully saturated rings. The molecule has 1 aliphatic heterocycles. The summed E-state index contributed by atoms with van der Waals surface area (Å²) in [4.78, 5) is 0.397. The normalized spacial score (nSPS) is 22.6. The summed E-state index contributed by atoms with van der Waals surface area (Å²) in [6.07, 6.45) is 0. The molecule has 0 bridgehead atoms. The average Bonchev–Trinajstić information content (AvgIpc) is 2.29. The van der Waals surface area contributed by atoms with E-state index in [1.165, 1.54) is 4.31 Å². The Morgan fingerprint density at radius 1 is 1.35 bits per heavy atom. The van der Waals surface area contributed by atoms with Crippen molar-refractivity contribution in [2.75, 3.05) is 19.8 Å². The molecule has 0 aliphatic carbocycles. The molecule has 94 valence electrons. The fraction of sp³-hybridized carbons (Fsp3) is 0.500. The van der Waals surface area contributed by atoms with E-state index in [1.54, 1.807) is 12.1 Å². The molecule has 2 rings (SSSR count). The highest BCUT2D eigenvalue weighted by molar-refractivity contribution is 7.89. The molecule has 0 saturated carbocycles. The van der Waals surface area contributed by atoms with Crippen molar-refractivity contribution in [3.63, 3.8) is 0 Å². The number of morpholine rings is 1. The van der Waals surface area contributed by atoms with Crippen LogP contribution in [0.25, 0.3) is 0 Å². The zero-order valence-corrected chi connectivity index (χ0v) is 10.9. The third kappa shape index (κ3) is 2.36. The molecular formula is C12H17NO3S. The topological polar surface area (TPSA) is 46.6 Å². The van der Waals surface area contributed by atoms with E-state index >= 15 is 0 Å². The molecule has 1 unspecified atom stereocenters. The van der Waals surface area contributed by atoms with Gasteiger partial charge in [-0.25, -0.2) is 8.42 Å². The molecule has 0 aromatic heterocycles. The van der Waals surface area contributed by atoms with Gasteiger partial charge in [-0.05, 0) is 25.5 Å². The van der Waals surface area contributed by atoms with Crippen LogP contribution in [0.1, 0.15) is 12.5 Å². The summed E-state index contributed by atoms with van der Waals surface area (Å²) in [7, 11) is -3.39. The molecule has 1 atom stereocenters. The molecule has 1 heterocycles. The van der Waals surface area contributed by atoms with Gasteiger partial charge in [0.25, 0.3) is 0 Å². The van der Waals surface area contributed by atoms with Crippen molar-refractivity contribution in [2.24, 2.45) is 0 Å². The van der Waals surface area contributed by atoms with Gasteiger partial charge in [-0.1, -0.05) is 18.2 Å². The first kappa shape index (κ1) is 12.5. The number of hydrogen-bond acceptors (Lipinski definition) is 3. The Labute approximate surface area is 102 Å². The van der Waals surface area contributed by atoms with Gasteiger partial charge in [-0.3, -0.25) is 0 Å². The average molecular weight is 255 g/mol. The second-order valence-electron chi connectivity index (χ2n) is 4.31. The quantitative estimate of drug-likeness (QED) is 0.802. The van der Waals surface area contributed by atoms with Gasteiger partial charge in [0, 0.05) is 12.6 Å². The minimum Gasteiger partial charge on any atom is -0.378 e. The van der Waals surface area contributed by atoms with E-state index in [2.05, 4.69) is 0 Å². The molecule has 5 heteroatoms. The standard InChI is InChI=1S/C12H17NO3S/c1-10-5-3-4-6-12(10)17(14,15)13-7-8-16-9-11(13)2/h3-6,11H,7-9H2,1-2H3. The molecular weight excluding hydrogens is 238 g/mol. The maximum Gasteiger partial charge on any atom is 0.243 e. The van der Waals surface area contributed by atoms with Crippen molar-refractivity contribution in [1.29, 1.82) is 0 Å². The summed E-state index contributed by atoms with van der Waals surface area (Å²) >= 11 is 0. The van der Waals surface area contributed by atoms with E-state index < -0.39 is 10.0 Å². The summed E-state index contributed by atoms with van der Waals surface area (Å²) < 4.78 is 31.8. The molecule has 1 aromatic rings. The van der Waals surface area contributed by atoms with E-state index in [0.29, 0.717) is 24.7 Å². The van der Waals surface area contributed by atoms with Crippen LogP contribution in [0.5, 0.6) is 0 Å².